The molecule has 1 spiro atoms. The Kier molecular flexibility index (Phi) is 3.49. The SMILES string of the molecule is O=C(O)CN(CC1CC1)C1CC(NC2CC3(CCC3)C2)C1. The second-order valence-electron chi connectivity index (χ2n) is 8.21. The first-order valence-corrected chi connectivity index (χ1v) is 8.84. The number of hydrogen-bond acceptors (Lipinski definition) is 3. The molecule has 0 aliphatic heterocycles. The van der Waals surface area contributed by atoms with E-state index in [2.05, 4.69) is 10.2 Å². The highest BCUT2D eigenvalue weighted by Gasteiger charge is 2.49. The third-order valence-corrected chi connectivity index (χ3v) is 6.40. The van der Waals surface area contributed by atoms with Crippen molar-refractivity contribution in [2.45, 2.75) is 75.9 Å². The van der Waals surface area contributed by atoms with Crippen molar-refractivity contribution in [3.63, 3.8) is 0 Å². The molecule has 4 aliphatic rings. The highest BCUT2D eigenvalue weighted by molar-refractivity contribution is 5.69. The van der Waals surface area contributed by atoms with Gasteiger partial charge in [0.05, 0.1) is 6.54 Å². The van der Waals surface area contributed by atoms with Crippen LogP contribution in [-0.4, -0.2) is 47.2 Å². The molecular formula is C17H28N2O2. The summed E-state index contributed by atoms with van der Waals surface area (Å²) in [7, 11) is 0. The summed E-state index contributed by atoms with van der Waals surface area (Å²) in [4.78, 5) is 13.3. The molecule has 0 aromatic carbocycles. The minimum atomic E-state index is -0.669. The van der Waals surface area contributed by atoms with Crippen LogP contribution in [0.3, 0.4) is 0 Å². The molecule has 0 aromatic heterocycles. The van der Waals surface area contributed by atoms with E-state index in [1.54, 1.807) is 0 Å². The van der Waals surface area contributed by atoms with E-state index in [-0.39, 0.29) is 6.54 Å². The van der Waals surface area contributed by atoms with Crippen molar-refractivity contribution in [2.24, 2.45) is 11.3 Å². The number of carboxylic acid groups (broad SMARTS) is 1. The second-order valence-corrected chi connectivity index (χ2v) is 8.21. The van der Waals surface area contributed by atoms with Gasteiger partial charge in [-0.3, -0.25) is 9.69 Å². The Bertz CT molecular complexity index is 403. The Hall–Kier alpha value is -0.610. The molecule has 4 saturated carbocycles. The maximum Gasteiger partial charge on any atom is 0.317 e. The summed E-state index contributed by atoms with van der Waals surface area (Å²) in [5.74, 6) is 0.111. The number of nitrogens with zero attached hydrogens (tertiary/aromatic N) is 1. The van der Waals surface area contributed by atoms with E-state index in [0.29, 0.717) is 12.1 Å². The van der Waals surface area contributed by atoms with Crippen molar-refractivity contribution < 1.29 is 9.90 Å². The first kappa shape index (κ1) is 14.0. The fourth-order valence-corrected chi connectivity index (χ4v) is 4.69. The van der Waals surface area contributed by atoms with Gasteiger partial charge in [-0.2, -0.15) is 0 Å². The molecular weight excluding hydrogens is 264 g/mol. The predicted molar refractivity (Wildman–Crippen MR) is 81.2 cm³/mol. The van der Waals surface area contributed by atoms with Crippen LogP contribution in [0.15, 0.2) is 0 Å². The minimum Gasteiger partial charge on any atom is -0.480 e. The van der Waals surface area contributed by atoms with Crippen molar-refractivity contribution >= 4 is 5.97 Å². The molecule has 4 rings (SSSR count). The Morgan fingerprint density at radius 1 is 1.19 bits per heavy atom. The van der Waals surface area contributed by atoms with Crippen molar-refractivity contribution in [1.29, 1.82) is 0 Å². The highest BCUT2D eigenvalue weighted by Crippen LogP contribution is 2.56. The van der Waals surface area contributed by atoms with Gasteiger partial charge < -0.3 is 10.4 Å². The topological polar surface area (TPSA) is 52.6 Å². The van der Waals surface area contributed by atoms with Crippen molar-refractivity contribution in [3.05, 3.63) is 0 Å². The number of aliphatic carboxylic acids is 1. The monoisotopic (exact) mass is 292 g/mol. The fourth-order valence-electron chi connectivity index (χ4n) is 4.69. The van der Waals surface area contributed by atoms with Crippen LogP contribution in [0.25, 0.3) is 0 Å². The van der Waals surface area contributed by atoms with E-state index >= 15 is 0 Å². The fraction of sp³-hybridized carbons (Fsp3) is 0.941. The molecule has 2 N–H and O–H groups in total. The number of carboxylic acids is 1. The number of hydrogen-bond donors (Lipinski definition) is 2. The van der Waals surface area contributed by atoms with Crippen LogP contribution in [0.5, 0.6) is 0 Å². The Labute approximate surface area is 127 Å². The van der Waals surface area contributed by atoms with E-state index in [0.717, 1.165) is 36.8 Å². The Morgan fingerprint density at radius 2 is 1.90 bits per heavy atom. The van der Waals surface area contributed by atoms with E-state index in [1.807, 2.05) is 0 Å². The normalized spacial score (nSPS) is 34.3. The van der Waals surface area contributed by atoms with Crippen LogP contribution in [0, 0.1) is 11.3 Å². The van der Waals surface area contributed by atoms with Gasteiger partial charge in [0.2, 0.25) is 0 Å². The van der Waals surface area contributed by atoms with Gasteiger partial charge in [0.15, 0.2) is 0 Å². The summed E-state index contributed by atoms with van der Waals surface area (Å²) in [6, 6.07) is 1.91. The summed E-state index contributed by atoms with van der Waals surface area (Å²) >= 11 is 0. The average Bonchev–Trinajstić information content (AvgIpc) is 3.04. The van der Waals surface area contributed by atoms with Gasteiger partial charge in [0.25, 0.3) is 0 Å². The molecule has 0 heterocycles. The number of rotatable bonds is 7. The molecule has 4 nitrogen and oxygen atoms in total. The van der Waals surface area contributed by atoms with E-state index < -0.39 is 5.97 Å². The maximum absolute atomic E-state index is 11.0. The Balaban J connectivity index is 1.19. The Morgan fingerprint density at radius 3 is 2.43 bits per heavy atom. The van der Waals surface area contributed by atoms with Crippen molar-refractivity contribution in [3.8, 4) is 0 Å². The number of carbonyl (C=O) groups is 1. The quantitative estimate of drug-likeness (QED) is 0.755. The van der Waals surface area contributed by atoms with E-state index in [4.69, 9.17) is 5.11 Å². The smallest absolute Gasteiger partial charge is 0.317 e. The first-order valence-electron chi connectivity index (χ1n) is 8.84. The molecule has 118 valence electrons. The lowest BCUT2D eigenvalue weighted by Crippen LogP contribution is -2.60. The second kappa shape index (κ2) is 5.24. The van der Waals surface area contributed by atoms with E-state index in [1.165, 1.54) is 44.9 Å². The summed E-state index contributed by atoms with van der Waals surface area (Å²) in [6.07, 6.45) is 12.1. The average molecular weight is 292 g/mol. The largest absolute Gasteiger partial charge is 0.480 e. The van der Waals surface area contributed by atoms with E-state index in [9.17, 15) is 4.79 Å². The summed E-state index contributed by atoms with van der Waals surface area (Å²) in [5, 5.41) is 12.9. The highest BCUT2D eigenvalue weighted by atomic mass is 16.4. The molecule has 21 heavy (non-hydrogen) atoms. The standard InChI is InChI=1S/C17H28N2O2/c20-16(21)11-19(10-12-2-3-12)15-6-13(7-15)18-14-8-17(9-14)4-1-5-17/h12-15,18H,1-11H2,(H,20,21). The van der Waals surface area contributed by atoms with Crippen LogP contribution in [0.1, 0.15) is 57.8 Å². The lowest BCUT2D eigenvalue weighted by molar-refractivity contribution is -0.139. The van der Waals surface area contributed by atoms with Gasteiger partial charge in [-0.15, -0.1) is 0 Å². The third-order valence-electron chi connectivity index (χ3n) is 6.40. The molecule has 0 saturated heterocycles. The molecule has 4 heteroatoms. The van der Waals surface area contributed by atoms with Gasteiger partial charge in [0, 0.05) is 24.7 Å². The van der Waals surface area contributed by atoms with Crippen molar-refractivity contribution in [1.82, 2.24) is 10.2 Å². The molecule has 0 amide bonds. The van der Waals surface area contributed by atoms with Crippen molar-refractivity contribution in [2.75, 3.05) is 13.1 Å². The van der Waals surface area contributed by atoms with Gasteiger partial charge in [-0.05, 0) is 62.7 Å². The molecule has 0 atom stereocenters. The molecule has 4 fully saturated rings. The third kappa shape index (κ3) is 2.98. The zero-order valence-corrected chi connectivity index (χ0v) is 12.9. The zero-order chi connectivity index (χ0) is 14.4. The van der Waals surface area contributed by atoms with Crippen LogP contribution in [0.2, 0.25) is 0 Å². The van der Waals surface area contributed by atoms with Crippen LogP contribution in [0.4, 0.5) is 0 Å². The van der Waals surface area contributed by atoms with Gasteiger partial charge >= 0.3 is 5.97 Å². The number of nitrogens with one attached hydrogen (secondary N) is 1. The predicted octanol–water partition coefficient (Wildman–Crippen LogP) is 2.24. The molecule has 4 aliphatic carbocycles. The molecule has 0 radical (unpaired) electrons. The summed E-state index contributed by atoms with van der Waals surface area (Å²) in [5.41, 5.74) is 0.752. The van der Waals surface area contributed by atoms with Gasteiger partial charge in [0.1, 0.15) is 0 Å². The first-order chi connectivity index (χ1) is 10.1. The molecule has 0 unspecified atom stereocenters. The molecule has 0 aromatic rings. The van der Waals surface area contributed by atoms with Gasteiger partial charge in [-0.25, -0.2) is 0 Å². The summed E-state index contributed by atoms with van der Waals surface area (Å²) < 4.78 is 0. The lowest BCUT2D eigenvalue weighted by Gasteiger charge is -2.56. The zero-order valence-electron chi connectivity index (χ0n) is 12.9. The minimum absolute atomic E-state index is 0.237. The van der Waals surface area contributed by atoms with Crippen LogP contribution in [-0.2, 0) is 4.79 Å². The van der Waals surface area contributed by atoms with Gasteiger partial charge in [-0.1, -0.05) is 6.42 Å². The van der Waals surface area contributed by atoms with Crippen LogP contribution < -0.4 is 5.32 Å². The molecule has 0 bridgehead atoms. The maximum atomic E-state index is 11.0. The summed E-state index contributed by atoms with van der Waals surface area (Å²) in [6.45, 7) is 1.25. The lowest BCUT2D eigenvalue weighted by atomic mass is 9.54. The van der Waals surface area contributed by atoms with Crippen LogP contribution >= 0.6 is 0 Å².